The molecule has 146 valence electrons. The number of non-ortho nitro benzene ring substituents is 1. The van der Waals surface area contributed by atoms with Crippen LogP contribution in [0.1, 0.15) is 17.2 Å². The third kappa shape index (κ3) is 3.61. The van der Waals surface area contributed by atoms with E-state index >= 15 is 0 Å². The van der Waals surface area contributed by atoms with Gasteiger partial charge in [0, 0.05) is 44.4 Å². The Hall–Kier alpha value is -2.84. The van der Waals surface area contributed by atoms with E-state index < -0.39 is 4.92 Å². The Bertz CT molecular complexity index is 920. The average Bonchev–Trinajstić information content (AvgIpc) is 3.11. The van der Waals surface area contributed by atoms with Gasteiger partial charge in [0.2, 0.25) is 5.91 Å². The van der Waals surface area contributed by atoms with Gasteiger partial charge >= 0.3 is 0 Å². The van der Waals surface area contributed by atoms with Crippen LogP contribution in [-0.2, 0) is 11.2 Å². The Labute approximate surface area is 161 Å². The van der Waals surface area contributed by atoms with Gasteiger partial charge in [0.05, 0.1) is 17.2 Å². The molecule has 7 nitrogen and oxygen atoms in total. The van der Waals surface area contributed by atoms with Gasteiger partial charge in [-0.1, -0.05) is 18.2 Å². The summed E-state index contributed by atoms with van der Waals surface area (Å²) in [5.74, 6) is -0.391. The second-order valence-corrected chi connectivity index (χ2v) is 7.11. The summed E-state index contributed by atoms with van der Waals surface area (Å²) in [6, 6.07) is 11.0. The number of hydrogen-bond acceptors (Lipinski definition) is 5. The smallest absolute Gasteiger partial charge is 0.271 e. The summed E-state index contributed by atoms with van der Waals surface area (Å²) in [4.78, 5) is 27.3. The number of nitro groups is 1. The number of hydrogen-bond donors (Lipinski definition) is 1. The van der Waals surface area contributed by atoms with E-state index in [0.717, 1.165) is 17.7 Å². The summed E-state index contributed by atoms with van der Waals surface area (Å²) >= 11 is 0. The van der Waals surface area contributed by atoms with Crippen LogP contribution in [0.3, 0.4) is 0 Å². The number of nitro benzene ring substituents is 1. The van der Waals surface area contributed by atoms with Gasteiger partial charge in [0.25, 0.3) is 5.69 Å². The SMILES string of the molecule is O=C(CN1CCNCC1c1cccc(F)c1)N1CCc2ccc([N+](=O)[O-])cc21. The second kappa shape index (κ2) is 7.65. The molecule has 1 unspecified atom stereocenters. The Morgan fingerprint density at radius 2 is 2.11 bits per heavy atom. The third-order valence-electron chi connectivity index (χ3n) is 5.40. The first kappa shape index (κ1) is 18.5. The third-order valence-corrected chi connectivity index (χ3v) is 5.40. The first-order valence-corrected chi connectivity index (χ1v) is 9.31. The van der Waals surface area contributed by atoms with Gasteiger partial charge in [-0.3, -0.25) is 19.8 Å². The van der Waals surface area contributed by atoms with E-state index in [1.165, 1.54) is 24.3 Å². The molecule has 2 aliphatic rings. The van der Waals surface area contributed by atoms with E-state index in [1.807, 2.05) is 11.0 Å². The number of halogens is 1. The van der Waals surface area contributed by atoms with Crippen molar-refractivity contribution in [2.24, 2.45) is 0 Å². The zero-order chi connectivity index (χ0) is 19.7. The molecule has 2 aromatic carbocycles. The quantitative estimate of drug-likeness (QED) is 0.646. The minimum Gasteiger partial charge on any atom is -0.314 e. The molecule has 2 heterocycles. The molecule has 8 heteroatoms. The molecule has 0 aromatic heterocycles. The van der Waals surface area contributed by atoms with Crippen molar-refractivity contribution in [3.05, 3.63) is 69.5 Å². The Balaban J connectivity index is 1.53. The first-order valence-electron chi connectivity index (χ1n) is 9.31. The van der Waals surface area contributed by atoms with Gasteiger partial charge < -0.3 is 10.2 Å². The predicted octanol–water partition coefficient (Wildman–Crippen LogP) is 2.27. The maximum Gasteiger partial charge on any atom is 0.271 e. The summed E-state index contributed by atoms with van der Waals surface area (Å²) in [6.45, 7) is 2.76. The molecular formula is C20H21FN4O3. The van der Waals surface area contributed by atoms with Crippen molar-refractivity contribution in [1.29, 1.82) is 0 Å². The van der Waals surface area contributed by atoms with Crippen molar-refractivity contribution >= 4 is 17.3 Å². The van der Waals surface area contributed by atoms with Crippen LogP contribution in [0, 0.1) is 15.9 Å². The van der Waals surface area contributed by atoms with Crippen molar-refractivity contribution in [3.63, 3.8) is 0 Å². The van der Waals surface area contributed by atoms with Crippen LogP contribution in [0.15, 0.2) is 42.5 Å². The van der Waals surface area contributed by atoms with Gasteiger partial charge in [-0.05, 0) is 29.7 Å². The van der Waals surface area contributed by atoms with Crippen LogP contribution in [0.5, 0.6) is 0 Å². The van der Waals surface area contributed by atoms with Gasteiger partial charge in [0.15, 0.2) is 0 Å². The molecule has 1 amide bonds. The molecule has 1 atom stereocenters. The summed E-state index contributed by atoms with van der Waals surface area (Å²) in [5, 5.41) is 14.4. The topological polar surface area (TPSA) is 78.7 Å². The van der Waals surface area contributed by atoms with Gasteiger partial charge in [0.1, 0.15) is 5.82 Å². The lowest BCUT2D eigenvalue weighted by atomic mass is 10.0. The summed E-state index contributed by atoms with van der Waals surface area (Å²) in [6.07, 6.45) is 0.688. The van der Waals surface area contributed by atoms with E-state index in [-0.39, 0.29) is 30.0 Å². The largest absolute Gasteiger partial charge is 0.314 e. The van der Waals surface area contributed by atoms with E-state index in [4.69, 9.17) is 0 Å². The molecule has 1 fully saturated rings. The minimum atomic E-state index is -0.447. The zero-order valence-electron chi connectivity index (χ0n) is 15.3. The molecule has 2 aliphatic heterocycles. The zero-order valence-corrected chi connectivity index (χ0v) is 15.3. The van der Waals surface area contributed by atoms with Crippen LogP contribution in [0.2, 0.25) is 0 Å². The van der Waals surface area contributed by atoms with E-state index in [9.17, 15) is 19.3 Å². The molecule has 4 rings (SSSR count). The molecule has 0 spiro atoms. The molecular weight excluding hydrogens is 363 g/mol. The number of benzene rings is 2. The molecule has 0 saturated carbocycles. The number of carbonyl (C=O) groups excluding carboxylic acids is 1. The summed E-state index contributed by atoms with van der Waals surface area (Å²) in [7, 11) is 0. The number of fused-ring (bicyclic) bond motifs is 1. The summed E-state index contributed by atoms with van der Waals surface area (Å²) < 4.78 is 13.7. The molecule has 0 aliphatic carbocycles. The number of nitrogens with zero attached hydrogens (tertiary/aromatic N) is 3. The van der Waals surface area contributed by atoms with Crippen molar-refractivity contribution in [3.8, 4) is 0 Å². The Morgan fingerprint density at radius 3 is 2.89 bits per heavy atom. The standard InChI is InChI=1S/C20H21FN4O3/c21-16-3-1-2-15(10-16)19-12-22-7-9-23(19)13-20(26)24-8-6-14-4-5-17(25(27)28)11-18(14)24/h1-5,10-11,19,22H,6-9,12-13H2. The first-order chi connectivity index (χ1) is 13.5. The fraction of sp³-hybridized carbons (Fsp3) is 0.350. The highest BCUT2D eigenvalue weighted by molar-refractivity contribution is 5.97. The lowest BCUT2D eigenvalue weighted by molar-refractivity contribution is -0.384. The molecule has 0 bridgehead atoms. The molecule has 1 N–H and O–H groups in total. The maximum atomic E-state index is 13.7. The highest BCUT2D eigenvalue weighted by Gasteiger charge is 2.31. The van der Waals surface area contributed by atoms with E-state index in [1.54, 1.807) is 17.0 Å². The number of rotatable bonds is 4. The number of nitrogens with one attached hydrogen (secondary N) is 1. The van der Waals surface area contributed by atoms with Crippen LogP contribution >= 0.6 is 0 Å². The van der Waals surface area contributed by atoms with Crippen LogP contribution in [-0.4, -0.2) is 48.5 Å². The fourth-order valence-electron chi connectivity index (χ4n) is 3.98. The van der Waals surface area contributed by atoms with Crippen LogP contribution in [0.4, 0.5) is 15.8 Å². The molecule has 2 aromatic rings. The van der Waals surface area contributed by atoms with Crippen LogP contribution < -0.4 is 10.2 Å². The van der Waals surface area contributed by atoms with Crippen LogP contribution in [0.25, 0.3) is 0 Å². The van der Waals surface area contributed by atoms with Gasteiger partial charge in [-0.25, -0.2) is 4.39 Å². The highest BCUT2D eigenvalue weighted by atomic mass is 19.1. The maximum absolute atomic E-state index is 13.7. The van der Waals surface area contributed by atoms with E-state index in [0.29, 0.717) is 31.7 Å². The predicted molar refractivity (Wildman–Crippen MR) is 103 cm³/mol. The molecule has 1 saturated heterocycles. The van der Waals surface area contributed by atoms with Crippen molar-refractivity contribution < 1.29 is 14.1 Å². The summed E-state index contributed by atoms with van der Waals surface area (Å²) in [5.41, 5.74) is 2.38. The Morgan fingerprint density at radius 1 is 1.25 bits per heavy atom. The fourth-order valence-corrected chi connectivity index (χ4v) is 3.98. The Kier molecular flexibility index (Phi) is 5.06. The van der Waals surface area contributed by atoms with Crippen molar-refractivity contribution in [1.82, 2.24) is 10.2 Å². The lowest BCUT2D eigenvalue weighted by Crippen LogP contribution is -2.50. The average molecular weight is 384 g/mol. The normalized spacial score (nSPS) is 19.5. The number of carbonyl (C=O) groups is 1. The monoisotopic (exact) mass is 384 g/mol. The van der Waals surface area contributed by atoms with Crippen molar-refractivity contribution in [2.75, 3.05) is 37.6 Å². The van der Waals surface area contributed by atoms with Gasteiger partial charge in [-0.15, -0.1) is 0 Å². The van der Waals surface area contributed by atoms with E-state index in [2.05, 4.69) is 5.32 Å². The second-order valence-electron chi connectivity index (χ2n) is 7.11. The number of amides is 1. The molecule has 28 heavy (non-hydrogen) atoms. The molecule has 0 radical (unpaired) electrons. The minimum absolute atomic E-state index is 0.0155. The highest BCUT2D eigenvalue weighted by Crippen LogP contribution is 2.32. The number of piperazine rings is 1. The number of anilines is 1. The lowest BCUT2D eigenvalue weighted by Gasteiger charge is -2.36. The van der Waals surface area contributed by atoms with Gasteiger partial charge in [-0.2, -0.15) is 0 Å². The van der Waals surface area contributed by atoms with Crippen molar-refractivity contribution in [2.45, 2.75) is 12.5 Å².